The number of ether oxygens (including phenoxy) is 1. The topological polar surface area (TPSA) is 163 Å². The fraction of sp³-hybridized carbons (Fsp3) is 0.600. The lowest BCUT2D eigenvalue weighted by molar-refractivity contribution is -0.138. The van der Waals surface area contributed by atoms with Crippen LogP contribution in [0.5, 0.6) is 0 Å². The summed E-state index contributed by atoms with van der Waals surface area (Å²) >= 11 is 0. The van der Waals surface area contributed by atoms with E-state index >= 15 is 0 Å². The number of carboxylic acids is 1. The second kappa shape index (κ2) is 7.11. The molecule has 3 heterocycles. The molecule has 2 aromatic rings. The van der Waals surface area contributed by atoms with Crippen LogP contribution in [0, 0.1) is 5.92 Å². The molecule has 2 aromatic heterocycles. The SMILES string of the molecule is CC(C)[C@H](Nc1ncnc2c1ncn2C1OC(CO)C(O)C1O)C(=O)O. The molecule has 0 radical (unpaired) electrons. The number of aliphatic carboxylic acids is 1. The van der Waals surface area contributed by atoms with Gasteiger partial charge >= 0.3 is 5.97 Å². The van der Waals surface area contributed by atoms with E-state index in [-0.39, 0.29) is 11.7 Å². The van der Waals surface area contributed by atoms with Crippen LogP contribution in [0.3, 0.4) is 0 Å². The maximum atomic E-state index is 11.4. The van der Waals surface area contributed by atoms with Gasteiger partial charge in [0.25, 0.3) is 0 Å². The first kappa shape index (κ1) is 18.5. The van der Waals surface area contributed by atoms with E-state index in [0.717, 1.165) is 0 Å². The van der Waals surface area contributed by atoms with Gasteiger partial charge in [0, 0.05) is 0 Å². The van der Waals surface area contributed by atoms with Gasteiger partial charge in [-0.15, -0.1) is 0 Å². The average Bonchev–Trinajstić information content (AvgIpc) is 3.14. The van der Waals surface area contributed by atoms with Gasteiger partial charge < -0.3 is 30.5 Å². The number of hydrogen-bond donors (Lipinski definition) is 5. The summed E-state index contributed by atoms with van der Waals surface area (Å²) in [5.74, 6) is -0.976. The summed E-state index contributed by atoms with van der Waals surface area (Å²) in [4.78, 5) is 23.8. The highest BCUT2D eigenvalue weighted by atomic mass is 16.6. The quantitative estimate of drug-likeness (QED) is 0.426. The van der Waals surface area contributed by atoms with Crippen molar-refractivity contribution >= 4 is 23.0 Å². The zero-order chi connectivity index (χ0) is 19.0. The zero-order valence-electron chi connectivity index (χ0n) is 14.2. The Balaban J connectivity index is 1.96. The molecule has 1 aliphatic rings. The van der Waals surface area contributed by atoms with Crippen LogP contribution in [0.15, 0.2) is 12.7 Å². The molecule has 0 aliphatic carbocycles. The molecule has 0 bridgehead atoms. The summed E-state index contributed by atoms with van der Waals surface area (Å²) in [7, 11) is 0. The van der Waals surface area contributed by atoms with E-state index in [4.69, 9.17) is 4.74 Å². The molecule has 4 unspecified atom stereocenters. The van der Waals surface area contributed by atoms with Gasteiger partial charge in [0.15, 0.2) is 23.2 Å². The van der Waals surface area contributed by atoms with Crippen molar-refractivity contribution in [2.24, 2.45) is 5.92 Å². The number of nitrogens with zero attached hydrogens (tertiary/aromatic N) is 4. The lowest BCUT2D eigenvalue weighted by atomic mass is 10.1. The number of imidazole rings is 1. The number of aromatic nitrogens is 4. The summed E-state index contributed by atoms with van der Waals surface area (Å²) in [6.45, 7) is 3.08. The molecule has 11 heteroatoms. The standard InChI is InChI=1S/C15H21N5O6/c1-6(2)8(15(24)25)19-12-9-13(17-4-16-12)20(5-18-9)14-11(23)10(22)7(3-21)26-14/h4-8,10-11,14,21-23H,3H2,1-2H3,(H,24,25)(H,16,17,19)/t7?,8-,10?,11?,14?/m0/s1. The first-order chi connectivity index (χ1) is 12.3. The predicted octanol–water partition coefficient (Wildman–Crippen LogP) is -1.04. The van der Waals surface area contributed by atoms with Crippen molar-refractivity contribution in [3.05, 3.63) is 12.7 Å². The second-order valence-electron chi connectivity index (χ2n) is 6.48. The van der Waals surface area contributed by atoms with Gasteiger partial charge in [-0.05, 0) is 5.92 Å². The number of fused-ring (bicyclic) bond motifs is 1. The van der Waals surface area contributed by atoms with Gasteiger partial charge in [-0.3, -0.25) is 4.57 Å². The minimum Gasteiger partial charge on any atom is -0.480 e. The summed E-state index contributed by atoms with van der Waals surface area (Å²) in [6, 6.07) is -0.868. The molecule has 5 N–H and O–H groups in total. The van der Waals surface area contributed by atoms with Crippen molar-refractivity contribution in [3.63, 3.8) is 0 Å². The van der Waals surface area contributed by atoms with Gasteiger partial charge in [0.2, 0.25) is 0 Å². The molecule has 0 aromatic carbocycles. The number of nitrogens with one attached hydrogen (secondary N) is 1. The molecule has 142 valence electrons. The van der Waals surface area contributed by atoms with Gasteiger partial charge in [-0.1, -0.05) is 13.8 Å². The molecule has 26 heavy (non-hydrogen) atoms. The Kier molecular flexibility index (Phi) is 5.05. The van der Waals surface area contributed by atoms with Gasteiger partial charge in [-0.2, -0.15) is 0 Å². The van der Waals surface area contributed by atoms with Crippen LogP contribution in [-0.2, 0) is 9.53 Å². The van der Waals surface area contributed by atoms with Crippen LogP contribution >= 0.6 is 0 Å². The van der Waals surface area contributed by atoms with Crippen molar-refractivity contribution < 1.29 is 30.0 Å². The van der Waals surface area contributed by atoms with Crippen molar-refractivity contribution in [2.45, 2.75) is 44.4 Å². The molecule has 1 fully saturated rings. The first-order valence-corrected chi connectivity index (χ1v) is 8.14. The number of rotatable bonds is 6. The number of anilines is 1. The highest BCUT2D eigenvalue weighted by molar-refractivity contribution is 5.86. The number of aliphatic hydroxyl groups excluding tert-OH is 3. The van der Waals surface area contributed by atoms with Gasteiger partial charge in [-0.25, -0.2) is 19.7 Å². The van der Waals surface area contributed by atoms with Crippen molar-refractivity contribution in [1.82, 2.24) is 19.5 Å². The van der Waals surface area contributed by atoms with E-state index in [9.17, 15) is 25.2 Å². The zero-order valence-corrected chi connectivity index (χ0v) is 14.2. The molecule has 0 spiro atoms. The molecule has 11 nitrogen and oxygen atoms in total. The normalized spacial score (nSPS) is 27.2. The number of carboxylic acid groups (broad SMARTS) is 1. The fourth-order valence-corrected chi connectivity index (χ4v) is 2.91. The monoisotopic (exact) mass is 367 g/mol. The second-order valence-corrected chi connectivity index (χ2v) is 6.48. The van der Waals surface area contributed by atoms with E-state index < -0.39 is 43.2 Å². The van der Waals surface area contributed by atoms with Crippen LogP contribution in [-0.4, -0.2) is 76.9 Å². The van der Waals surface area contributed by atoms with Crippen molar-refractivity contribution in [2.75, 3.05) is 11.9 Å². The number of aliphatic hydroxyl groups is 3. The Morgan fingerprint density at radius 3 is 2.62 bits per heavy atom. The molecule has 1 saturated heterocycles. The van der Waals surface area contributed by atoms with E-state index in [0.29, 0.717) is 11.2 Å². The molecular weight excluding hydrogens is 346 g/mol. The minimum absolute atomic E-state index is 0.194. The van der Waals surface area contributed by atoms with E-state index in [1.165, 1.54) is 17.2 Å². The molecule has 5 atom stereocenters. The van der Waals surface area contributed by atoms with Crippen molar-refractivity contribution in [1.29, 1.82) is 0 Å². The van der Waals surface area contributed by atoms with Crippen LogP contribution in [0.1, 0.15) is 20.1 Å². The largest absolute Gasteiger partial charge is 0.480 e. The lowest BCUT2D eigenvalue weighted by Gasteiger charge is -2.19. The predicted molar refractivity (Wildman–Crippen MR) is 88.2 cm³/mol. The van der Waals surface area contributed by atoms with Crippen LogP contribution in [0.2, 0.25) is 0 Å². The third kappa shape index (κ3) is 3.09. The van der Waals surface area contributed by atoms with Gasteiger partial charge in [0.1, 0.15) is 30.7 Å². The summed E-state index contributed by atoms with van der Waals surface area (Å²) in [5.41, 5.74) is 0.599. The Morgan fingerprint density at radius 1 is 1.31 bits per heavy atom. The summed E-state index contributed by atoms with van der Waals surface area (Å²) < 4.78 is 6.90. The Labute approximate surface area is 148 Å². The van der Waals surface area contributed by atoms with Crippen LogP contribution in [0.4, 0.5) is 5.82 Å². The van der Waals surface area contributed by atoms with Crippen LogP contribution in [0.25, 0.3) is 11.2 Å². The number of carbonyl (C=O) groups is 1. The van der Waals surface area contributed by atoms with Crippen molar-refractivity contribution in [3.8, 4) is 0 Å². The Bertz CT molecular complexity index is 796. The molecule has 3 rings (SSSR count). The lowest BCUT2D eigenvalue weighted by Crippen LogP contribution is -2.34. The van der Waals surface area contributed by atoms with E-state index in [1.54, 1.807) is 13.8 Å². The molecule has 0 saturated carbocycles. The minimum atomic E-state index is -1.28. The molecular formula is C15H21N5O6. The molecule has 0 amide bonds. The maximum absolute atomic E-state index is 11.4. The van der Waals surface area contributed by atoms with Gasteiger partial charge in [0.05, 0.1) is 12.9 Å². The Morgan fingerprint density at radius 2 is 2.04 bits per heavy atom. The number of hydrogen-bond acceptors (Lipinski definition) is 9. The molecule has 1 aliphatic heterocycles. The highest BCUT2D eigenvalue weighted by Gasteiger charge is 2.44. The highest BCUT2D eigenvalue weighted by Crippen LogP contribution is 2.32. The van der Waals surface area contributed by atoms with E-state index in [2.05, 4.69) is 20.3 Å². The smallest absolute Gasteiger partial charge is 0.326 e. The summed E-state index contributed by atoms with van der Waals surface area (Å²) in [5, 5.41) is 41.5. The average molecular weight is 367 g/mol. The maximum Gasteiger partial charge on any atom is 0.326 e. The fourth-order valence-electron chi connectivity index (χ4n) is 2.91. The van der Waals surface area contributed by atoms with E-state index in [1.807, 2.05) is 0 Å². The summed E-state index contributed by atoms with van der Waals surface area (Å²) in [6.07, 6.45) is -1.85. The first-order valence-electron chi connectivity index (χ1n) is 8.14. The van der Waals surface area contributed by atoms with Crippen LogP contribution < -0.4 is 5.32 Å². The third-order valence-electron chi connectivity index (χ3n) is 4.38. The Hall–Kier alpha value is -2.34. The third-order valence-corrected chi connectivity index (χ3v) is 4.38.